The van der Waals surface area contributed by atoms with Gasteiger partial charge in [-0.15, -0.1) is 0 Å². The summed E-state index contributed by atoms with van der Waals surface area (Å²) in [6.07, 6.45) is 3.24. The van der Waals surface area contributed by atoms with Crippen LogP contribution in [0.2, 0.25) is 0 Å². The Kier molecular flexibility index (Phi) is 7.52. The number of amides is 3. The fraction of sp³-hybridized carbons (Fsp3) is 0.389. The number of ether oxygens (including phenoxy) is 2. The van der Waals surface area contributed by atoms with Crippen molar-refractivity contribution in [3.05, 3.63) is 36.3 Å². The van der Waals surface area contributed by atoms with E-state index in [1.54, 1.807) is 0 Å². The van der Waals surface area contributed by atoms with Crippen LogP contribution in [0.1, 0.15) is 13.3 Å². The Hall–Kier alpha value is -3.63. The highest BCUT2D eigenvalue weighted by molar-refractivity contribution is 5.96. The van der Waals surface area contributed by atoms with Gasteiger partial charge in [0.1, 0.15) is 18.5 Å². The Morgan fingerprint density at radius 3 is 2.59 bits per heavy atom. The first-order valence-electron chi connectivity index (χ1n) is 8.80. The summed E-state index contributed by atoms with van der Waals surface area (Å²) in [5.74, 6) is -2.32. The molecule has 0 spiro atoms. The topological polar surface area (TPSA) is 143 Å². The molecule has 0 saturated carbocycles. The molecule has 0 aliphatic carbocycles. The number of carbonyl (C=O) groups excluding carboxylic acids is 5. The van der Waals surface area contributed by atoms with E-state index < -0.39 is 23.9 Å². The van der Waals surface area contributed by atoms with E-state index in [2.05, 4.69) is 22.5 Å². The molecule has 3 N–H and O–H groups in total. The summed E-state index contributed by atoms with van der Waals surface area (Å²) in [5, 5.41) is 7.74. The fourth-order valence-electron chi connectivity index (χ4n) is 2.63. The maximum Gasteiger partial charge on any atom is 0.331 e. The van der Waals surface area contributed by atoms with Gasteiger partial charge >= 0.3 is 11.9 Å². The van der Waals surface area contributed by atoms with Crippen molar-refractivity contribution in [2.45, 2.75) is 19.4 Å². The summed E-state index contributed by atoms with van der Waals surface area (Å²) in [5.41, 5.74) is 0.183. The number of nitrogens with one attached hydrogen (secondary N) is 3. The highest BCUT2D eigenvalue weighted by Gasteiger charge is 2.31. The van der Waals surface area contributed by atoms with Gasteiger partial charge in [0.25, 0.3) is 5.91 Å². The van der Waals surface area contributed by atoms with E-state index in [9.17, 15) is 24.0 Å². The minimum absolute atomic E-state index is 0.108. The summed E-state index contributed by atoms with van der Waals surface area (Å²) in [7, 11) is 0. The van der Waals surface area contributed by atoms with E-state index in [4.69, 9.17) is 9.47 Å². The van der Waals surface area contributed by atoms with Gasteiger partial charge in [0.15, 0.2) is 0 Å². The molecule has 1 saturated heterocycles. The highest BCUT2D eigenvalue weighted by Crippen LogP contribution is 2.09. The molecule has 11 heteroatoms. The van der Waals surface area contributed by atoms with Crippen molar-refractivity contribution in [1.82, 2.24) is 20.9 Å². The molecular formula is C18H22N4O7. The molecule has 29 heavy (non-hydrogen) atoms. The van der Waals surface area contributed by atoms with Crippen molar-refractivity contribution in [2.24, 2.45) is 0 Å². The molecule has 2 aliphatic rings. The number of hydrogen-bond acceptors (Lipinski definition) is 8. The average molecular weight is 406 g/mol. The largest absolute Gasteiger partial charge is 0.462 e. The lowest BCUT2D eigenvalue weighted by Crippen LogP contribution is -2.57. The second-order valence-corrected chi connectivity index (χ2v) is 6.16. The molecule has 2 rings (SSSR count). The number of hydrogen-bond donors (Lipinski definition) is 3. The van der Waals surface area contributed by atoms with Crippen LogP contribution in [0.3, 0.4) is 0 Å². The van der Waals surface area contributed by atoms with Gasteiger partial charge in [-0.05, 0) is 0 Å². The molecule has 1 unspecified atom stereocenters. The van der Waals surface area contributed by atoms with Crippen molar-refractivity contribution in [2.75, 3.05) is 26.3 Å². The zero-order valence-corrected chi connectivity index (χ0v) is 15.9. The Bertz CT molecular complexity index is 787. The molecule has 0 aromatic carbocycles. The van der Waals surface area contributed by atoms with Crippen LogP contribution in [0.4, 0.5) is 0 Å². The smallest absolute Gasteiger partial charge is 0.331 e. The van der Waals surface area contributed by atoms with Crippen LogP contribution in [0.5, 0.6) is 0 Å². The molecule has 3 amide bonds. The van der Waals surface area contributed by atoms with E-state index in [1.807, 2.05) is 0 Å². The standard InChI is InChI=1S/C18H22N4O7/c1-11-20-9-13(17(26)21-11)10-29-16(25)4-3-15(24)28-8-5-14-18(27)19-6-7-22(14)12(2)23/h3-4,9,14,20H,1,5-8,10H2,2H3,(H,19,27)(H,21,26)/b4-3+. The van der Waals surface area contributed by atoms with Gasteiger partial charge in [-0.1, -0.05) is 6.58 Å². The lowest BCUT2D eigenvalue weighted by atomic mass is 10.1. The molecule has 11 nitrogen and oxygen atoms in total. The molecule has 2 heterocycles. The number of rotatable bonds is 7. The van der Waals surface area contributed by atoms with Crippen molar-refractivity contribution < 1.29 is 33.4 Å². The molecule has 1 fully saturated rings. The van der Waals surface area contributed by atoms with Gasteiger partial charge in [0.2, 0.25) is 11.8 Å². The van der Waals surface area contributed by atoms with Gasteiger partial charge in [-0.2, -0.15) is 0 Å². The van der Waals surface area contributed by atoms with E-state index in [-0.39, 0.29) is 37.0 Å². The van der Waals surface area contributed by atoms with Crippen LogP contribution >= 0.6 is 0 Å². The van der Waals surface area contributed by atoms with Crippen LogP contribution in [0.15, 0.2) is 36.3 Å². The van der Waals surface area contributed by atoms with Crippen molar-refractivity contribution in [3.8, 4) is 0 Å². The van der Waals surface area contributed by atoms with Crippen molar-refractivity contribution in [1.29, 1.82) is 0 Å². The molecule has 0 radical (unpaired) electrons. The van der Waals surface area contributed by atoms with Crippen molar-refractivity contribution >= 4 is 29.7 Å². The van der Waals surface area contributed by atoms with E-state index in [0.29, 0.717) is 18.9 Å². The van der Waals surface area contributed by atoms with Gasteiger partial charge in [-0.25, -0.2) is 9.59 Å². The summed E-state index contributed by atoms with van der Waals surface area (Å²) in [6, 6.07) is -0.706. The van der Waals surface area contributed by atoms with Crippen molar-refractivity contribution in [3.63, 3.8) is 0 Å². The number of nitrogens with zero attached hydrogens (tertiary/aromatic N) is 1. The van der Waals surface area contributed by atoms with Crippen LogP contribution in [0.25, 0.3) is 0 Å². The molecule has 156 valence electrons. The minimum Gasteiger partial charge on any atom is -0.462 e. The first-order valence-corrected chi connectivity index (χ1v) is 8.80. The Morgan fingerprint density at radius 2 is 1.93 bits per heavy atom. The zero-order chi connectivity index (χ0) is 21.4. The summed E-state index contributed by atoms with van der Waals surface area (Å²) >= 11 is 0. The van der Waals surface area contributed by atoms with Gasteiger partial charge < -0.3 is 30.3 Å². The number of carbonyl (C=O) groups is 5. The van der Waals surface area contributed by atoms with Gasteiger partial charge in [-0.3, -0.25) is 14.4 Å². The number of esters is 2. The van der Waals surface area contributed by atoms with E-state index in [0.717, 1.165) is 12.2 Å². The van der Waals surface area contributed by atoms with E-state index >= 15 is 0 Å². The molecule has 0 aromatic heterocycles. The van der Waals surface area contributed by atoms with Crippen LogP contribution < -0.4 is 16.0 Å². The average Bonchev–Trinajstić information content (AvgIpc) is 2.66. The monoisotopic (exact) mass is 406 g/mol. The third-order valence-corrected chi connectivity index (χ3v) is 4.07. The Labute approximate surface area is 166 Å². The van der Waals surface area contributed by atoms with Gasteiger partial charge in [0.05, 0.1) is 12.2 Å². The number of piperazine rings is 1. The normalized spacial score (nSPS) is 19.1. The predicted molar refractivity (Wildman–Crippen MR) is 98.4 cm³/mol. The van der Waals surface area contributed by atoms with Crippen LogP contribution in [-0.2, 0) is 33.4 Å². The SMILES string of the molecule is C=C1NC=C(COC(=O)/C=C/C(=O)OCCC2C(=O)NCCN2C(C)=O)C(=O)N1. The quantitative estimate of drug-likeness (QED) is 0.340. The summed E-state index contributed by atoms with van der Waals surface area (Å²) < 4.78 is 9.81. The Balaban J connectivity index is 1.72. The van der Waals surface area contributed by atoms with Crippen LogP contribution in [0, 0.1) is 0 Å². The third kappa shape index (κ3) is 6.48. The first-order chi connectivity index (χ1) is 13.8. The lowest BCUT2D eigenvalue weighted by molar-refractivity contribution is -0.145. The maximum absolute atomic E-state index is 11.9. The van der Waals surface area contributed by atoms with Crippen LogP contribution in [-0.4, -0.2) is 66.9 Å². The molecular weight excluding hydrogens is 384 g/mol. The summed E-state index contributed by atoms with van der Waals surface area (Å²) in [4.78, 5) is 59.8. The lowest BCUT2D eigenvalue weighted by Gasteiger charge is -2.34. The second-order valence-electron chi connectivity index (χ2n) is 6.16. The predicted octanol–water partition coefficient (Wildman–Crippen LogP) is -1.56. The van der Waals surface area contributed by atoms with E-state index in [1.165, 1.54) is 18.0 Å². The molecule has 1 atom stereocenters. The third-order valence-electron chi connectivity index (χ3n) is 4.07. The van der Waals surface area contributed by atoms with Gasteiger partial charge in [0, 0.05) is 44.8 Å². The molecule has 0 bridgehead atoms. The maximum atomic E-state index is 11.9. The second kappa shape index (κ2) is 10.1. The first kappa shape index (κ1) is 21.7. The molecule has 0 aromatic rings. The fourth-order valence-corrected chi connectivity index (χ4v) is 2.63. The molecule has 2 aliphatic heterocycles. The Morgan fingerprint density at radius 1 is 1.24 bits per heavy atom. The highest BCUT2D eigenvalue weighted by atomic mass is 16.5. The minimum atomic E-state index is -0.838. The summed E-state index contributed by atoms with van der Waals surface area (Å²) in [6.45, 7) is 5.25. The zero-order valence-electron chi connectivity index (χ0n) is 15.9.